The van der Waals surface area contributed by atoms with Crippen molar-refractivity contribution >= 4 is 5.91 Å². The molecular weight excluding hydrogens is 312 g/mol. The van der Waals surface area contributed by atoms with Gasteiger partial charge in [0, 0.05) is 6.54 Å². The molecule has 2 aromatic carbocycles. The van der Waals surface area contributed by atoms with Crippen LogP contribution in [0.4, 0.5) is 8.78 Å². The highest BCUT2D eigenvalue weighted by Gasteiger charge is 2.34. The van der Waals surface area contributed by atoms with Gasteiger partial charge in [-0.2, -0.15) is 0 Å². The molecule has 0 bridgehead atoms. The summed E-state index contributed by atoms with van der Waals surface area (Å²) in [5.74, 6) is -2.25. The van der Waals surface area contributed by atoms with Crippen molar-refractivity contribution in [3.63, 3.8) is 0 Å². The number of amides is 1. The summed E-state index contributed by atoms with van der Waals surface area (Å²) in [5.41, 5.74) is 7.67. The van der Waals surface area contributed by atoms with Gasteiger partial charge in [-0.15, -0.1) is 0 Å². The Labute approximate surface area is 139 Å². The number of hydrogen-bond acceptors (Lipinski definition) is 3. The lowest BCUT2D eigenvalue weighted by Gasteiger charge is -2.21. The second-order valence-electron chi connectivity index (χ2n) is 5.92. The number of benzene rings is 2. The van der Waals surface area contributed by atoms with Crippen LogP contribution in [-0.2, 0) is 4.79 Å². The normalized spacial score (nSPS) is 21.5. The van der Waals surface area contributed by atoms with Gasteiger partial charge in [0.1, 0.15) is 0 Å². The van der Waals surface area contributed by atoms with E-state index < -0.39 is 17.7 Å². The molecule has 126 valence electrons. The molecule has 0 aliphatic carbocycles. The first-order valence-corrected chi connectivity index (χ1v) is 7.85. The van der Waals surface area contributed by atoms with E-state index in [9.17, 15) is 13.6 Å². The van der Waals surface area contributed by atoms with Crippen LogP contribution in [0.3, 0.4) is 0 Å². The Hall–Kier alpha value is -2.31. The van der Waals surface area contributed by atoms with Gasteiger partial charge in [0.05, 0.1) is 18.0 Å². The first-order valence-electron chi connectivity index (χ1n) is 7.85. The van der Waals surface area contributed by atoms with Gasteiger partial charge in [0.15, 0.2) is 11.6 Å². The zero-order chi connectivity index (χ0) is 17.1. The molecule has 1 aliphatic rings. The largest absolute Gasteiger partial charge is 0.349 e. The molecule has 24 heavy (non-hydrogen) atoms. The highest BCUT2D eigenvalue weighted by atomic mass is 19.2. The topological polar surface area (TPSA) is 53.2 Å². The van der Waals surface area contributed by atoms with Gasteiger partial charge in [0.2, 0.25) is 5.91 Å². The van der Waals surface area contributed by atoms with Crippen LogP contribution in [0.2, 0.25) is 0 Å². The molecule has 3 rings (SSSR count). The van der Waals surface area contributed by atoms with Crippen molar-refractivity contribution in [3.05, 3.63) is 71.3 Å². The average molecular weight is 331 g/mol. The van der Waals surface area contributed by atoms with E-state index in [1.54, 1.807) is 6.92 Å². The Kier molecular flexibility index (Phi) is 4.87. The van der Waals surface area contributed by atoms with Crippen LogP contribution in [0.5, 0.6) is 0 Å². The Morgan fingerprint density at radius 1 is 1.17 bits per heavy atom. The van der Waals surface area contributed by atoms with Gasteiger partial charge < -0.3 is 5.32 Å². The quantitative estimate of drug-likeness (QED) is 0.807. The molecule has 1 fully saturated rings. The number of rotatable bonds is 4. The Bertz CT molecular complexity index is 723. The van der Waals surface area contributed by atoms with E-state index in [4.69, 9.17) is 0 Å². The molecule has 1 amide bonds. The summed E-state index contributed by atoms with van der Waals surface area (Å²) in [5, 5.41) is 2.88. The predicted octanol–water partition coefficient (Wildman–Crippen LogP) is 2.61. The second-order valence-corrected chi connectivity index (χ2v) is 5.92. The van der Waals surface area contributed by atoms with Crippen molar-refractivity contribution in [2.75, 3.05) is 6.54 Å². The van der Waals surface area contributed by atoms with E-state index in [2.05, 4.69) is 16.2 Å². The van der Waals surface area contributed by atoms with E-state index in [0.717, 1.165) is 17.7 Å². The first kappa shape index (κ1) is 16.5. The summed E-state index contributed by atoms with van der Waals surface area (Å²) in [7, 11) is 0. The summed E-state index contributed by atoms with van der Waals surface area (Å²) >= 11 is 0. The summed E-state index contributed by atoms with van der Waals surface area (Å²) in [4.78, 5) is 12.6. The molecule has 4 nitrogen and oxygen atoms in total. The smallest absolute Gasteiger partial charge is 0.226 e. The number of hydrogen-bond donors (Lipinski definition) is 3. The van der Waals surface area contributed by atoms with E-state index in [1.165, 1.54) is 6.07 Å². The lowest BCUT2D eigenvalue weighted by atomic mass is 9.93. The van der Waals surface area contributed by atoms with Crippen LogP contribution >= 0.6 is 0 Å². The van der Waals surface area contributed by atoms with Crippen molar-refractivity contribution in [1.29, 1.82) is 0 Å². The van der Waals surface area contributed by atoms with Crippen LogP contribution in [0.1, 0.15) is 30.1 Å². The molecule has 1 saturated heterocycles. The van der Waals surface area contributed by atoms with Gasteiger partial charge >= 0.3 is 0 Å². The zero-order valence-electron chi connectivity index (χ0n) is 13.2. The van der Waals surface area contributed by atoms with Crippen LogP contribution < -0.4 is 16.2 Å². The van der Waals surface area contributed by atoms with E-state index in [1.807, 2.05) is 30.3 Å². The first-order chi connectivity index (χ1) is 11.6. The van der Waals surface area contributed by atoms with Crippen molar-refractivity contribution in [3.8, 4) is 0 Å². The fourth-order valence-electron chi connectivity index (χ4n) is 2.90. The molecule has 3 atom stereocenters. The van der Waals surface area contributed by atoms with E-state index >= 15 is 0 Å². The molecule has 1 aliphatic heterocycles. The zero-order valence-corrected chi connectivity index (χ0v) is 13.2. The summed E-state index contributed by atoms with van der Waals surface area (Å²) < 4.78 is 26.4. The van der Waals surface area contributed by atoms with Gasteiger partial charge in [-0.3, -0.25) is 10.2 Å². The lowest BCUT2D eigenvalue weighted by molar-refractivity contribution is -0.125. The van der Waals surface area contributed by atoms with E-state index in [0.29, 0.717) is 12.1 Å². The predicted molar refractivity (Wildman–Crippen MR) is 86.7 cm³/mol. The Balaban J connectivity index is 1.70. The summed E-state index contributed by atoms with van der Waals surface area (Å²) in [6.45, 7) is 2.24. The third-order valence-electron chi connectivity index (χ3n) is 4.28. The summed E-state index contributed by atoms with van der Waals surface area (Å²) in [6, 6.07) is 12.8. The van der Waals surface area contributed by atoms with Crippen molar-refractivity contribution in [2.45, 2.75) is 19.0 Å². The molecule has 0 radical (unpaired) electrons. The molecule has 0 aromatic heterocycles. The molecule has 3 unspecified atom stereocenters. The minimum atomic E-state index is -0.917. The van der Waals surface area contributed by atoms with Crippen LogP contribution in [0.25, 0.3) is 0 Å². The summed E-state index contributed by atoms with van der Waals surface area (Å²) in [6.07, 6.45) is 0. The Morgan fingerprint density at radius 2 is 1.92 bits per heavy atom. The highest BCUT2D eigenvalue weighted by molar-refractivity contribution is 5.80. The average Bonchev–Trinajstić information content (AvgIpc) is 3.08. The number of halogens is 2. The van der Waals surface area contributed by atoms with Gasteiger partial charge in [-0.05, 0) is 30.2 Å². The molecule has 0 spiro atoms. The monoisotopic (exact) mass is 331 g/mol. The van der Waals surface area contributed by atoms with Crippen LogP contribution in [0, 0.1) is 17.6 Å². The fourth-order valence-corrected chi connectivity index (χ4v) is 2.90. The SMILES string of the molecule is CC(NC(=O)C1CNNC1c1ccccc1)c1ccc(F)c(F)c1. The maximum atomic E-state index is 13.4. The van der Waals surface area contributed by atoms with Gasteiger partial charge in [-0.25, -0.2) is 14.2 Å². The van der Waals surface area contributed by atoms with Crippen molar-refractivity contribution < 1.29 is 13.6 Å². The van der Waals surface area contributed by atoms with Gasteiger partial charge in [-0.1, -0.05) is 36.4 Å². The minimum absolute atomic E-state index is 0.136. The van der Waals surface area contributed by atoms with E-state index in [-0.39, 0.29) is 17.9 Å². The lowest BCUT2D eigenvalue weighted by Crippen LogP contribution is -2.36. The third-order valence-corrected chi connectivity index (χ3v) is 4.28. The van der Waals surface area contributed by atoms with Crippen molar-refractivity contribution in [2.24, 2.45) is 5.92 Å². The molecule has 1 heterocycles. The molecule has 0 saturated carbocycles. The maximum absolute atomic E-state index is 13.4. The number of nitrogens with one attached hydrogen (secondary N) is 3. The standard InChI is InChI=1S/C18H19F2N3O/c1-11(13-7-8-15(19)16(20)9-13)22-18(24)14-10-21-23-17(14)12-5-3-2-4-6-12/h2-9,11,14,17,21,23H,10H2,1H3,(H,22,24). The maximum Gasteiger partial charge on any atom is 0.226 e. The second kappa shape index (κ2) is 7.07. The molecular formula is C18H19F2N3O. The highest BCUT2D eigenvalue weighted by Crippen LogP contribution is 2.26. The molecule has 2 aromatic rings. The number of hydrazine groups is 1. The molecule has 6 heteroatoms. The van der Waals surface area contributed by atoms with Crippen LogP contribution in [0.15, 0.2) is 48.5 Å². The third kappa shape index (κ3) is 3.44. The van der Waals surface area contributed by atoms with Crippen LogP contribution in [-0.4, -0.2) is 12.5 Å². The minimum Gasteiger partial charge on any atom is -0.349 e. The number of carbonyl (C=O) groups excluding carboxylic acids is 1. The molecule has 3 N–H and O–H groups in total. The van der Waals surface area contributed by atoms with Crippen molar-refractivity contribution in [1.82, 2.24) is 16.2 Å². The van der Waals surface area contributed by atoms with Gasteiger partial charge in [0.25, 0.3) is 0 Å². The number of carbonyl (C=O) groups is 1. The Morgan fingerprint density at radius 3 is 2.62 bits per heavy atom. The fraction of sp³-hybridized carbons (Fsp3) is 0.278.